The molecule has 3 aromatic rings. The number of carbonyl (C=O) groups excluding carboxylic acids is 1. The van der Waals surface area contributed by atoms with Crippen molar-refractivity contribution >= 4 is 16.9 Å². The Balaban J connectivity index is 1.18. The highest BCUT2D eigenvalue weighted by Gasteiger charge is 2.32. The number of morpholine rings is 1. The maximum atomic E-state index is 15.0. The Hall–Kier alpha value is -3.11. The van der Waals surface area contributed by atoms with Gasteiger partial charge in [0.1, 0.15) is 17.6 Å². The summed E-state index contributed by atoms with van der Waals surface area (Å²) in [5.74, 6) is -3.59. The van der Waals surface area contributed by atoms with Crippen molar-refractivity contribution in [2.75, 3.05) is 32.8 Å². The zero-order valence-electron chi connectivity index (χ0n) is 19.7. The van der Waals surface area contributed by atoms with Crippen LogP contribution in [0.5, 0.6) is 5.75 Å². The molecule has 2 saturated heterocycles. The van der Waals surface area contributed by atoms with E-state index in [1.54, 1.807) is 0 Å². The third kappa shape index (κ3) is 4.32. The number of likely N-dealkylation sites (tertiary alicyclic amines) is 1. The SMILES string of the molecule is O=C(c1ccc(OC2CC2)c(F)c1F)N1CCC(c2c(F)cnc3[nH]c(C4CNCCO4)cc23)CC1. The third-order valence-corrected chi connectivity index (χ3v) is 7.23. The van der Waals surface area contributed by atoms with Gasteiger partial charge in [-0.05, 0) is 49.8 Å². The van der Waals surface area contributed by atoms with Crippen LogP contribution >= 0.6 is 0 Å². The molecular weight excluding hydrogens is 473 g/mol. The molecule has 2 aromatic heterocycles. The van der Waals surface area contributed by atoms with Gasteiger partial charge in [-0.25, -0.2) is 13.8 Å². The molecule has 3 aliphatic rings. The second kappa shape index (κ2) is 9.40. The average Bonchev–Trinajstić information content (AvgIpc) is 3.62. The van der Waals surface area contributed by atoms with Gasteiger partial charge < -0.3 is 24.7 Å². The molecule has 0 spiro atoms. The summed E-state index contributed by atoms with van der Waals surface area (Å²) in [5.41, 5.74) is 1.69. The van der Waals surface area contributed by atoms with Crippen molar-refractivity contribution in [1.29, 1.82) is 0 Å². The fourth-order valence-electron chi connectivity index (χ4n) is 5.14. The van der Waals surface area contributed by atoms with Crippen molar-refractivity contribution in [2.24, 2.45) is 0 Å². The number of hydrogen-bond donors (Lipinski definition) is 2. The first kappa shape index (κ1) is 23.3. The number of benzene rings is 1. The minimum absolute atomic E-state index is 0.0810. The molecule has 0 bridgehead atoms. The standard InChI is InChI=1S/C26H27F3N4O3/c27-18-12-31-25-17(11-19(32-25)21-13-30-7-10-35-21)22(18)14-5-8-33(9-6-14)26(34)16-3-4-20(24(29)23(16)28)36-15-1-2-15/h3-4,11-12,14-15,21,30H,1-2,5-10,13H2,(H,31,32). The molecule has 7 nitrogen and oxygen atoms in total. The van der Waals surface area contributed by atoms with Crippen molar-refractivity contribution in [2.45, 2.75) is 43.8 Å². The van der Waals surface area contributed by atoms with Crippen molar-refractivity contribution in [3.05, 3.63) is 58.7 Å². The monoisotopic (exact) mass is 500 g/mol. The maximum absolute atomic E-state index is 15.0. The fourth-order valence-corrected chi connectivity index (χ4v) is 5.14. The smallest absolute Gasteiger partial charge is 0.256 e. The van der Waals surface area contributed by atoms with E-state index in [1.807, 2.05) is 6.07 Å². The Morgan fingerprint density at radius 1 is 1.11 bits per heavy atom. The molecule has 1 aromatic carbocycles. The molecule has 3 fully saturated rings. The van der Waals surface area contributed by atoms with E-state index in [9.17, 15) is 13.6 Å². The van der Waals surface area contributed by atoms with Crippen molar-refractivity contribution < 1.29 is 27.4 Å². The lowest BCUT2D eigenvalue weighted by atomic mass is 9.87. The van der Waals surface area contributed by atoms with Gasteiger partial charge in [0.15, 0.2) is 11.6 Å². The van der Waals surface area contributed by atoms with Crippen LogP contribution in [-0.2, 0) is 4.74 Å². The van der Waals surface area contributed by atoms with Crippen LogP contribution in [0, 0.1) is 17.5 Å². The van der Waals surface area contributed by atoms with E-state index in [2.05, 4.69) is 15.3 Å². The van der Waals surface area contributed by atoms with Crippen LogP contribution in [0.25, 0.3) is 11.0 Å². The van der Waals surface area contributed by atoms with Gasteiger partial charge in [0.05, 0.1) is 24.5 Å². The molecule has 1 unspecified atom stereocenters. The maximum Gasteiger partial charge on any atom is 0.256 e. The molecular formula is C26H27F3N4O3. The van der Waals surface area contributed by atoms with Crippen LogP contribution in [0.1, 0.15) is 59.3 Å². The molecule has 36 heavy (non-hydrogen) atoms. The van der Waals surface area contributed by atoms with E-state index < -0.39 is 17.5 Å². The zero-order chi connectivity index (χ0) is 24.8. The van der Waals surface area contributed by atoms with Gasteiger partial charge in [0, 0.05) is 42.8 Å². The molecule has 6 rings (SSSR count). The first-order chi connectivity index (χ1) is 17.5. The minimum Gasteiger partial charge on any atom is -0.487 e. The highest BCUT2D eigenvalue weighted by Crippen LogP contribution is 2.37. The summed E-state index contributed by atoms with van der Waals surface area (Å²) < 4.78 is 55.3. The van der Waals surface area contributed by atoms with Gasteiger partial charge in [-0.15, -0.1) is 0 Å². The van der Waals surface area contributed by atoms with Crippen molar-refractivity contribution in [3.8, 4) is 5.75 Å². The Morgan fingerprint density at radius 3 is 2.64 bits per heavy atom. The Kier molecular flexibility index (Phi) is 6.08. The lowest BCUT2D eigenvalue weighted by Crippen LogP contribution is -2.38. The first-order valence-electron chi connectivity index (χ1n) is 12.4. The number of carbonyl (C=O) groups is 1. The van der Waals surface area contributed by atoms with Crippen molar-refractivity contribution in [3.63, 3.8) is 0 Å². The van der Waals surface area contributed by atoms with Gasteiger partial charge in [-0.3, -0.25) is 4.79 Å². The quantitative estimate of drug-likeness (QED) is 0.549. The number of ether oxygens (including phenoxy) is 2. The molecule has 1 saturated carbocycles. The number of piperidine rings is 1. The number of nitrogens with zero attached hydrogens (tertiary/aromatic N) is 2. The van der Waals surface area contributed by atoms with E-state index in [0.717, 1.165) is 25.1 Å². The number of pyridine rings is 1. The average molecular weight is 501 g/mol. The minimum atomic E-state index is -1.19. The van der Waals surface area contributed by atoms with Crippen molar-refractivity contribution in [1.82, 2.24) is 20.2 Å². The summed E-state index contributed by atoms with van der Waals surface area (Å²) in [4.78, 5) is 22.0. The Morgan fingerprint density at radius 2 is 1.92 bits per heavy atom. The topological polar surface area (TPSA) is 79.5 Å². The number of aromatic amines is 1. The molecule has 1 aliphatic carbocycles. The Bertz CT molecular complexity index is 1300. The summed E-state index contributed by atoms with van der Waals surface area (Å²) in [7, 11) is 0. The van der Waals surface area contributed by atoms with Crippen LogP contribution in [0.15, 0.2) is 24.4 Å². The van der Waals surface area contributed by atoms with Crippen LogP contribution in [-0.4, -0.2) is 59.7 Å². The van der Waals surface area contributed by atoms with Crippen LogP contribution in [0.3, 0.4) is 0 Å². The zero-order valence-corrected chi connectivity index (χ0v) is 19.7. The summed E-state index contributed by atoms with van der Waals surface area (Å²) >= 11 is 0. The first-order valence-corrected chi connectivity index (χ1v) is 12.4. The summed E-state index contributed by atoms with van der Waals surface area (Å²) in [6, 6.07) is 4.49. The van der Waals surface area contributed by atoms with E-state index in [1.165, 1.54) is 23.2 Å². The second-order valence-electron chi connectivity index (χ2n) is 9.69. The Labute approximate surface area is 206 Å². The van der Waals surface area contributed by atoms with Gasteiger partial charge in [-0.2, -0.15) is 4.39 Å². The van der Waals surface area contributed by atoms with Gasteiger partial charge in [-0.1, -0.05) is 0 Å². The molecule has 2 aliphatic heterocycles. The fraction of sp³-hybridized carbons (Fsp3) is 0.462. The summed E-state index contributed by atoms with van der Waals surface area (Å²) in [5, 5.41) is 3.99. The predicted octanol–water partition coefficient (Wildman–Crippen LogP) is 4.20. The van der Waals surface area contributed by atoms with Gasteiger partial charge >= 0.3 is 0 Å². The van der Waals surface area contributed by atoms with Crippen LogP contribution < -0.4 is 10.1 Å². The molecule has 0 radical (unpaired) electrons. The third-order valence-electron chi connectivity index (χ3n) is 7.23. The number of amides is 1. The number of aromatic nitrogens is 2. The predicted molar refractivity (Wildman–Crippen MR) is 126 cm³/mol. The van der Waals surface area contributed by atoms with Gasteiger partial charge in [0.25, 0.3) is 5.91 Å². The highest BCUT2D eigenvalue weighted by molar-refractivity contribution is 5.94. The van der Waals surface area contributed by atoms with E-state index in [0.29, 0.717) is 55.7 Å². The lowest BCUT2D eigenvalue weighted by molar-refractivity contribution is 0.0254. The molecule has 1 amide bonds. The van der Waals surface area contributed by atoms with Crippen LogP contribution in [0.2, 0.25) is 0 Å². The number of halogens is 3. The molecule has 2 N–H and O–H groups in total. The largest absolute Gasteiger partial charge is 0.487 e. The summed E-state index contributed by atoms with van der Waals surface area (Å²) in [6.45, 7) is 2.67. The molecule has 10 heteroatoms. The van der Waals surface area contributed by atoms with E-state index >= 15 is 4.39 Å². The lowest BCUT2D eigenvalue weighted by Gasteiger charge is -2.32. The van der Waals surface area contributed by atoms with Crippen LogP contribution in [0.4, 0.5) is 13.2 Å². The van der Waals surface area contributed by atoms with Gasteiger partial charge in [0.2, 0.25) is 5.82 Å². The van der Waals surface area contributed by atoms with E-state index in [-0.39, 0.29) is 35.3 Å². The normalized spacial score (nSPS) is 21.2. The molecule has 1 atom stereocenters. The number of rotatable bonds is 5. The molecule has 4 heterocycles. The molecule has 190 valence electrons. The number of hydrogen-bond acceptors (Lipinski definition) is 5. The summed E-state index contributed by atoms with van der Waals surface area (Å²) in [6.07, 6.45) is 3.61. The number of nitrogens with one attached hydrogen (secondary N) is 2. The highest BCUT2D eigenvalue weighted by atomic mass is 19.2. The number of fused-ring (bicyclic) bond motifs is 1. The second-order valence-corrected chi connectivity index (χ2v) is 9.69. The van der Waals surface area contributed by atoms with E-state index in [4.69, 9.17) is 9.47 Å². The number of H-pyrrole nitrogens is 1.